The van der Waals surface area contributed by atoms with Gasteiger partial charge in [-0.2, -0.15) is 0 Å². The minimum Gasteiger partial charge on any atom is -0.497 e. The zero-order valence-electron chi connectivity index (χ0n) is 9.85. The molecule has 1 unspecified atom stereocenters. The molecule has 0 bridgehead atoms. The summed E-state index contributed by atoms with van der Waals surface area (Å²) < 4.78 is 5.11. The first kappa shape index (κ1) is 11.9. The Labute approximate surface area is 101 Å². The van der Waals surface area contributed by atoms with Gasteiger partial charge in [0, 0.05) is 19.5 Å². The summed E-state index contributed by atoms with van der Waals surface area (Å²) >= 11 is 0. The van der Waals surface area contributed by atoms with E-state index < -0.39 is 0 Å². The molecule has 1 saturated heterocycles. The summed E-state index contributed by atoms with van der Waals surface area (Å²) in [4.78, 5) is 11.4. The average Bonchev–Trinajstić information content (AvgIpc) is 2.71. The van der Waals surface area contributed by atoms with Crippen molar-refractivity contribution in [1.82, 2.24) is 10.4 Å². The average molecular weight is 235 g/mol. The Balaban J connectivity index is 2.16. The highest BCUT2D eigenvalue weighted by molar-refractivity contribution is 5.78. The molecule has 0 spiro atoms. The van der Waals surface area contributed by atoms with Crippen molar-refractivity contribution in [2.24, 2.45) is 5.73 Å². The van der Waals surface area contributed by atoms with E-state index >= 15 is 0 Å². The lowest BCUT2D eigenvalue weighted by Gasteiger charge is -2.22. The Morgan fingerprint density at radius 3 is 2.76 bits per heavy atom. The molecule has 0 radical (unpaired) electrons. The van der Waals surface area contributed by atoms with Crippen LogP contribution in [0.2, 0.25) is 0 Å². The van der Waals surface area contributed by atoms with Gasteiger partial charge in [-0.15, -0.1) is 0 Å². The van der Waals surface area contributed by atoms with E-state index in [0.717, 1.165) is 11.3 Å². The zero-order chi connectivity index (χ0) is 12.3. The fraction of sp³-hybridized carbons (Fsp3) is 0.417. The van der Waals surface area contributed by atoms with Crippen molar-refractivity contribution in [3.8, 4) is 5.75 Å². The van der Waals surface area contributed by atoms with E-state index in [-0.39, 0.29) is 11.9 Å². The largest absolute Gasteiger partial charge is 0.497 e. The van der Waals surface area contributed by atoms with Gasteiger partial charge in [-0.3, -0.25) is 10.2 Å². The van der Waals surface area contributed by atoms with Crippen molar-refractivity contribution in [2.75, 3.05) is 20.2 Å². The second-order valence-corrected chi connectivity index (χ2v) is 4.01. The summed E-state index contributed by atoms with van der Waals surface area (Å²) in [5.41, 5.74) is 9.44. The fourth-order valence-electron chi connectivity index (χ4n) is 2.04. The molecular weight excluding hydrogens is 218 g/mol. The first-order valence-electron chi connectivity index (χ1n) is 5.64. The summed E-state index contributed by atoms with van der Waals surface area (Å²) in [6, 6.07) is 7.83. The van der Waals surface area contributed by atoms with Gasteiger partial charge >= 0.3 is 0 Å². The van der Waals surface area contributed by atoms with Crippen molar-refractivity contribution in [1.29, 1.82) is 0 Å². The Morgan fingerprint density at radius 2 is 2.18 bits per heavy atom. The molecule has 1 amide bonds. The molecule has 1 aromatic carbocycles. The minimum atomic E-state index is 0.0410. The number of carbonyl (C=O) groups is 1. The highest BCUT2D eigenvalue weighted by Gasteiger charge is 2.30. The van der Waals surface area contributed by atoms with Crippen LogP contribution in [0.25, 0.3) is 0 Å². The number of nitrogens with two attached hydrogens (primary N) is 1. The number of hydrazine groups is 1. The molecule has 1 aromatic rings. The number of ether oxygens (including phenoxy) is 1. The Bertz CT molecular complexity index is 391. The van der Waals surface area contributed by atoms with Gasteiger partial charge in [-0.1, -0.05) is 12.1 Å². The van der Waals surface area contributed by atoms with Crippen molar-refractivity contribution >= 4 is 5.91 Å². The van der Waals surface area contributed by atoms with Crippen molar-refractivity contribution in [2.45, 2.75) is 12.5 Å². The third-order valence-corrected chi connectivity index (χ3v) is 2.89. The molecule has 92 valence electrons. The second-order valence-electron chi connectivity index (χ2n) is 4.01. The van der Waals surface area contributed by atoms with Crippen molar-refractivity contribution < 1.29 is 9.53 Å². The van der Waals surface area contributed by atoms with E-state index in [4.69, 9.17) is 10.5 Å². The molecule has 0 aliphatic carbocycles. The van der Waals surface area contributed by atoms with Gasteiger partial charge in [0.2, 0.25) is 5.91 Å². The van der Waals surface area contributed by atoms with E-state index in [2.05, 4.69) is 5.43 Å². The molecule has 1 aliphatic heterocycles. The third-order valence-electron chi connectivity index (χ3n) is 2.89. The number of amides is 1. The third kappa shape index (κ3) is 2.57. The number of rotatable bonds is 4. The molecule has 0 aromatic heterocycles. The van der Waals surface area contributed by atoms with Crippen LogP contribution in [0, 0.1) is 0 Å². The first-order valence-corrected chi connectivity index (χ1v) is 5.64. The van der Waals surface area contributed by atoms with Crippen molar-refractivity contribution in [3.05, 3.63) is 29.8 Å². The number of benzene rings is 1. The standard InChI is InChI=1S/C12H17N3O2/c1-17-10-4-2-9(3-5-10)11-8-12(16)14-15(11)7-6-13/h2-5,11H,6-8,13H2,1H3,(H,14,16). The van der Waals surface area contributed by atoms with Gasteiger partial charge in [-0.25, -0.2) is 5.01 Å². The van der Waals surface area contributed by atoms with E-state index in [1.165, 1.54) is 0 Å². The molecule has 1 atom stereocenters. The summed E-state index contributed by atoms with van der Waals surface area (Å²) in [5.74, 6) is 0.857. The summed E-state index contributed by atoms with van der Waals surface area (Å²) in [6.45, 7) is 1.18. The summed E-state index contributed by atoms with van der Waals surface area (Å²) in [7, 11) is 1.64. The van der Waals surface area contributed by atoms with Crippen LogP contribution >= 0.6 is 0 Å². The van der Waals surface area contributed by atoms with Gasteiger partial charge in [0.25, 0.3) is 0 Å². The maximum atomic E-state index is 11.4. The van der Waals surface area contributed by atoms with E-state index in [9.17, 15) is 4.79 Å². The number of nitrogens with one attached hydrogen (secondary N) is 1. The minimum absolute atomic E-state index is 0.0410. The molecule has 5 heteroatoms. The normalized spacial score (nSPS) is 20.4. The number of methoxy groups -OCH3 is 1. The summed E-state index contributed by atoms with van der Waals surface area (Å²) in [6.07, 6.45) is 0.479. The van der Waals surface area contributed by atoms with E-state index in [0.29, 0.717) is 19.5 Å². The quantitative estimate of drug-likeness (QED) is 0.794. The highest BCUT2D eigenvalue weighted by atomic mass is 16.5. The Morgan fingerprint density at radius 1 is 1.47 bits per heavy atom. The van der Waals surface area contributed by atoms with E-state index in [1.807, 2.05) is 29.3 Å². The highest BCUT2D eigenvalue weighted by Crippen LogP contribution is 2.28. The maximum Gasteiger partial charge on any atom is 0.236 e. The number of carbonyl (C=O) groups excluding carboxylic acids is 1. The van der Waals surface area contributed by atoms with Gasteiger partial charge in [0.15, 0.2) is 0 Å². The lowest BCUT2D eigenvalue weighted by atomic mass is 10.0. The van der Waals surface area contributed by atoms with Gasteiger partial charge in [0.1, 0.15) is 5.75 Å². The second kappa shape index (κ2) is 5.16. The Kier molecular flexibility index (Phi) is 3.61. The fourth-order valence-corrected chi connectivity index (χ4v) is 2.04. The lowest BCUT2D eigenvalue weighted by molar-refractivity contribution is -0.120. The van der Waals surface area contributed by atoms with Crippen LogP contribution in [-0.2, 0) is 4.79 Å². The van der Waals surface area contributed by atoms with Crippen LogP contribution in [0.15, 0.2) is 24.3 Å². The lowest BCUT2D eigenvalue weighted by Crippen LogP contribution is -2.38. The smallest absolute Gasteiger partial charge is 0.236 e. The molecule has 2 rings (SSSR count). The molecular formula is C12H17N3O2. The molecule has 17 heavy (non-hydrogen) atoms. The van der Waals surface area contributed by atoms with Crippen LogP contribution in [0.3, 0.4) is 0 Å². The van der Waals surface area contributed by atoms with Crippen LogP contribution in [-0.4, -0.2) is 31.1 Å². The SMILES string of the molecule is COc1ccc(C2CC(=O)NN2CCN)cc1. The molecule has 3 N–H and O–H groups in total. The number of nitrogens with zero attached hydrogens (tertiary/aromatic N) is 1. The van der Waals surface area contributed by atoms with Gasteiger partial charge in [0.05, 0.1) is 13.2 Å². The predicted octanol–water partition coefficient (Wildman–Crippen LogP) is 0.432. The zero-order valence-corrected chi connectivity index (χ0v) is 9.85. The number of hydrogen-bond donors (Lipinski definition) is 2. The predicted molar refractivity (Wildman–Crippen MR) is 64.3 cm³/mol. The maximum absolute atomic E-state index is 11.4. The molecule has 5 nitrogen and oxygen atoms in total. The van der Waals surface area contributed by atoms with Crippen LogP contribution in [0.5, 0.6) is 5.75 Å². The topological polar surface area (TPSA) is 67.6 Å². The number of hydrogen-bond acceptors (Lipinski definition) is 4. The molecule has 1 aliphatic rings. The van der Waals surface area contributed by atoms with Crippen LogP contribution < -0.4 is 15.9 Å². The molecule has 1 fully saturated rings. The Hall–Kier alpha value is -1.59. The molecule has 1 heterocycles. The van der Waals surface area contributed by atoms with Crippen LogP contribution in [0.1, 0.15) is 18.0 Å². The summed E-state index contributed by atoms with van der Waals surface area (Å²) in [5, 5.41) is 1.89. The molecule has 0 saturated carbocycles. The van der Waals surface area contributed by atoms with Crippen LogP contribution in [0.4, 0.5) is 0 Å². The van der Waals surface area contributed by atoms with Gasteiger partial charge < -0.3 is 10.5 Å². The van der Waals surface area contributed by atoms with Crippen molar-refractivity contribution in [3.63, 3.8) is 0 Å². The van der Waals surface area contributed by atoms with E-state index in [1.54, 1.807) is 7.11 Å². The first-order chi connectivity index (χ1) is 8.24. The monoisotopic (exact) mass is 235 g/mol. The van der Waals surface area contributed by atoms with Gasteiger partial charge in [-0.05, 0) is 17.7 Å².